The summed E-state index contributed by atoms with van der Waals surface area (Å²) < 4.78 is 0. The monoisotopic (exact) mass is 239 g/mol. The van der Waals surface area contributed by atoms with Gasteiger partial charge in [0.2, 0.25) is 0 Å². The molecule has 1 fully saturated rings. The molecule has 1 heterocycles. The molecule has 3 nitrogen and oxygen atoms in total. The first-order valence-corrected chi connectivity index (χ1v) is 6.50. The number of hydrogen-bond donors (Lipinski definition) is 2. The third-order valence-corrected chi connectivity index (χ3v) is 3.75. The molecule has 2 atom stereocenters. The van der Waals surface area contributed by atoms with E-state index in [0.717, 1.165) is 12.3 Å². The number of benzene rings is 1. The first-order valence-electron chi connectivity index (χ1n) is 5.52. The maximum absolute atomic E-state index is 9.39. The highest BCUT2D eigenvalue weighted by Crippen LogP contribution is 2.18. The number of likely N-dealkylation sites (tertiary alicyclic amines) is 1. The first-order chi connectivity index (χ1) is 7.75. The standard InChI is InChI=1S/C12H17NO2S/c14-11-8-13(9-12(11)15)6-7-16-10-4-2-1-3-5-10/h1-5,11-12,14-15H,6-9H2. The Morgan fingerprint density at radius 2 is 1.75 bits per heavy atom. The zero-order valence-electron chi connectivity index (χ0n) is 9.12. The van der Waals surface area contributed by atoms with E-state index in [-0.39, 0.29) is 0 Å². The fourth-order valence-electron chi connectivity index (χ4n) is 1.84. The van der Waals surface area contributed by atoms with Crippen molar-refractivity contribution in [3.05, 3.63) is 30.3 Å². The summed E-state index contributed by atoms with van der Waals surface area (Å²) in [5, 5.41) is 18.8. The molecule has 2 rings (SSSR count). The molecule has 2 N–H and O–H groups in total. The van der Waals surface area contributed by atoms with Crippen LogP contribution in [-0.2, 0) is 0 Å². The number of rotatable bonds is 4. The molecule has 1 aliphatic heterocycles. The average molecular weight is 239 g/mol. The summed E-state index contributed by atoms with van der Waals surface area (Å²) in [6.07, 6.45) is -1.14. The second-order valence-corrected chi connectivity index (χ2v) is 5.22. The highest BCUT2D eigenvalue weighted by Gasteiger charge is 2.28. The maximum atomic E-state index is 9.39. The van der Waals surface area contributed by atoms with Gasteiger partial charge in [0.1, 0.15) is 0 Å². The number of aliphatic hydroxyl groups excluding tert-OH is 2. The zero-order chi connectivity index (χ0) is 11.4. The van der Waals surface area contributed by atoms with E-state index in [4.69, 9.17) is 0 Å². The van der Waals surface area contributed by atoms with Gasteiger partial charge >= 0.3 is 0 Å². The van der Waals surface area contributed by atoms with E-state index in [1.54, 1.807) is 11.8 Å². The number of aliphatic hydroxyl groups is 2. The van der Waals surface area contributed by atoms with E-state index in [2.05, 4.69) is 17.0 Å². The lowest BCUT2D eigenvalue weighted by Crippen LogP contribution is -2.24. The van der Waals surface area contributed by atoms with Gasteiger partial charge in [0, 0.05) is 30.3 Å². The van der Waals surface area contributed by atoms with E-state index in [1.807, 2.05) is 18.2 Å². The average Bonchev–Trinajstić information content (AvgIpc) is 2.60. The van der Waals surface area contributed by atoms with Crippen molar-refractivity contribution in [2.75, 3.05) is 25.4 Å². The molecule has 2 unspecified atom stereocenters. The van der Waals surface area contributed by atoms with E-state index in [9.17, 15) is 10.2 Å². The first kappa shape index (κ1) is 11.9. The van der Waals surface area contributed by atoms with Crippen LogP contribution in [0, 0.1) is 0 Å². The van der Waals surface area contributed by atoms with Gasteiger partial charge in [-0.05, 0) is 12.1 Å². The minimum absolute atomic E-state index is 0.568. The van der Waals surface area contributed by atoms with Crippen LogP contribution >= 0.6 is 11.8 Å². The minimum atomic E-state index is -0.568. The molecule has 0 aliphatic carbocycles. The van der Waals surface area contributed by atoms with Crippen molar-refractivity contribution in [3.63, 3.8) is 0 Å². The van der Waals surface area contributed by atoms with E-state index < -0.39 is 12.2 Å². The summed E-state index contributed by atoms with van der Waals surface area (Å²) in [5.74, 6) is 0.990. The summed E-state index contributed by atoms with van der Waals surface area (Å²) in [6.45, 7) is 2.10. The molecular formula is C12H17NO2S. The Morgan fingerprint density at radius 1 is 1.12 bits per heavy atom. The quantitative estimate of drug-likeness (QED) is 0.763. The molecule has 0 saturated carbocycles. The number of hydrogen-bond acceptors (Lipinski definition) is 4. The predicted molar refractivity (Wildman–Crippen MR) is 65.6 cm³/mol. The van der Waals surface area contributed by atoms with Gasteiger partial charge in [0.05, 0.1) is 12.2 Å². The van der Waals surface area contributed by atoms with Crippen molar-refractivity contribution in [2.45, 2.75) is 17.1 Å². The fraction of sp³-hybridized carbons (Fsp3) is 0.500. The summed E-state index contributed by atoms with van der Waals surface area (Å²) in [5.41, 5.74) is 0. The molecule has 88 valence electrons. The Labute approximate surface area is 100 Å². The van der Waals surface area contributed by atoms with Crippen LogP contribution < -0.4 is 0 Å². The van der Waals surface area contributed by atoms with Crippen LogP contribution in [0.5, 0.6) is 0 Å². The Balaban J connectivity index is 1.69. The molecule has 0 amide bonds. The fourth-order valence-corrected chi connectivity index (χ4v) is 2.77. The minimum Gasteiger partial charge on any atom is -0.389 e. The summed E-state index contributed by atoms with van der Waals surface area (Å²) in [6, 6.07) is 10.3. The third-order valence-electron chi connectivity index (χ3n) is 2.75. The van der Waals surface area contributed by atoms with Gasteiger partial charge in [-0.25, -0.2) is 0 Å². The SMILES string of the molecule is OC1CN(CCSc2ccccc2)CC1O. The summed E-state index contributed by atoms with van der Waals surface area (Å²) in [7, 11) is 0. The zero-order valence-corrected chi connectivity index (χ0v) is 9.94. The lowest BCUT2D eigenvalue weighted by molar-refractivity contribution is 0.0572. The maximum Gasteiger partial charge on any atom is 0.0938 e. The summed E-state index contributed by atoms with van der Waals surface area (Å²) >= 11 is 1.80. The van der Waals surface area contributed by atoms with Crippen LogP contribution in [0.15, 0.2) is 35.2 Å². The number of β-amino-alcohol motifs (C(OH)–C–C–N with tert-alkyl or cyclic N) is 2. The van der Waals surface area contributed by atoms with E-state index in [1.165, 1.54) is 4.90 Å². The van der Waals surface area contributed by atoms with Crippen molar-refractivity contribution in [1.29, 1.82) is 0 Å². The molecule has 1 aromatic rings. The lowest BCUT2D eigenvalue weighted by atomic mass is 10.3. The van der Waals surface area contributed by atoms with Crippen LogP contribution in [0.2, 0.25) is 0 Å². The largest absolute Gasteiger partial charge is 0.389 e. The van der Waals surface area contributed by atoms with Crippen LogP contribution in [0.25, 0.3) is 0 Å². The molecule has 1 aliphatic rings. The van der Waals surface area contributed by atoms with Crippen molar-refractivity contribution < 1.29 is 10.2 Å². The molecule has 0 bridgehead atoms. The van der Waals surface area contributed by atoms with Gasteiger partial charge in [-0.2, -0.15) is 0 Å². The Hall–Kier alpha value is -0.550. The molecule has 0 aromatic heterocycles. The van der Waals surface area contributed by atoms with Crippen LogP contribution in [0.1, 0.15) is 0 Å². The lowest BCUT2D eigenvalue weighted by Gasteiger charge is -2.13. The Morgan fingerprint density at radius 3 is 2.38 bits per heavy atom. The van der Waals surface area contributed by atoms with Gasteiger partial charge in [-0.1, -0.05) is 18.2 Å². The van der Waals surface area contributed by atoms with Gasteiger partial charge in [0.15, 0.2) is 0 Å². The highest BCUT2D eigenvalue weighted by atomic mass is 32.2. The Bertz CT molecular complexity index is 310. The van der Waals surface area contributed by atoms with E-state index in [0.29, 0.717) is 13.1 Å². The van der Waals surface area contributed by atoms with E-state index >= 15 is 0 Å². The van der Waals surface area contributed by atoms with Crippen LogP contribution in [0.4, 0.5) is 0 Å². The second-order valence-electron chi connectivity index (χ2n) is 4.06. The van der Waals surface area contributed by atoms with Crippen molar-refractivity contribution in [1.82, 2.24) is 4.90 Å². The number of thioether (sulfide) groups is 1. The van der Waals surface area contributed by atoms with Crippen molar-refractivity contribution in [2.24, 2.45) is 0 Å². The second kappa shape index (κ2) is 5.68. The molecular weight excluding hydrogens is 222 g/mol. The highest BCUT2D eigenvalue weighted by molar-refractivity contribution is 7.99. The molecule has 1 aromatic carbocycles. The summed E-state index contributed by atoms with van der Waals surface area (Å²) in [4.78, 5) is 3.37. The van der Waals surface area contributed by atoms with Crippen LogP contribution in [0.3, 0.4) is 0 Å². The topological polar surface area (TPSA) is 43.7 Å². The van der Waals surface area contributed by atoms with Gasteiger partial charge < -0.3 is 10.2 Å². The molecule has 0 radical (unpaired) electrons. The number of nitrogens with zero attached hydrogens (tertiary/aromatic N) is 1. The van der Waals surface area contributed by atoms with Gasteiger partial charge in [0.25, 0.3) is 0 Å². The van der Waals surface area contributed by atoms with Crippen molar-refractivity contribution in [3.8, 4) is 0 Å². The van der Waals surface area contributed by atoms with Crippen molar-refractivity contribution >= 4 is 11.8 Å². The third kappa shape index (κ3) is 3.22. The molecule has 4 heteroatoms. The smallest absolute Gasteiger partial charge is 0.0938 e. The molecule has 0 spiro atoms. The normalized spacial score (nSPS) is 26.1. The molecule has 16 heavy (non-hydrogen) atoms. The predicted octanol–water partition coefficient (Wildman–Crippen LogP) is 0.816. The van der Waals surface area contributed by atoms with Crippen LogP contribution in [-0.4, -0.2) is 52.7 Å². The van der Waals surface area contributed by atoms with Gasteiger partial charge in [-0.3, -0.25) is 4.90 Å². The Kier molecular flexibility index (Phi) is 4.23. The van der Waals surface area contributed by atoms with Gasteiger partial charge in [-0.15, -0.1) is 11.8 Å². The molecule has 1 saturated heterocycles.